The van der Waals surface area contributed by atoms with Crippen molar-refractivity contribution in [2.24, 2.45) is 0 Å². The fraction of sp³-hybridized carbons (Fsp3) is 0.400. The Kier molecular flexibility index (Phi) is 1.70. The summed E-state index contributed by atoms with van der Waals surface area (Å²) in [6.45, 7) is 2.06. The molecule has 1 unspecified atom stereocenters. The lowest BCUT2D eigenvalue weighted by Gasteiger charge is -2.21. The van der Waals surface area contributed by atoms with Gasteiger partial charge in [0.1, 0.15) is 5.75 Å². The molecule has 0 bridgehead atoms. The van der Waals surface area contributed by atoms with Crippen LogP contribution in [0.1, 0.15) is 12.5 Å². The molecule has 0 saturated heterocycles. The second-order valence-corrected chi connectivity index (χ2v) is 3.86. The highest BCUT2D eigenvalue weighted by atomic mass is 16.3. The van der Waals surface area contributed by atoms with Crippen LogP contribution in [0.15, 0.2) is 18.2 Å². The molecule has 3 N–H and O–H groups in total. The third-order valence-electron chi connectivity index (χ3n) is 2.46. The summed E-state index contributed by atoms with van der Waals surface area (Å²) in [6.07, 6.45) is 0.805. The number of phenolic OH excluding ortho intramolecular Hbond substituents is 1. The zero-order valence-corrected chi connectivity index (χ0v) is 7.54. The molecule has 0 spiro atoms. The predicted molar refractivity (Wildman–Crippen MR) is 50.9 cm³/mol. The minimum Gasteiger partial charge on any atom is -0.508 e. The zero-order chi connectivity index (χ0) is 9.47. The average Bonchev–Trinajstić information content (AvgIpc) is 2.42. The SMILES string of the molecule is CC1(CO)Cc2ccc(O)cc2N1. The molecular weight excluding hydrogens is 166 g/mol. The van der Waals surface area contributed by atoms with Gasteiger partial charge in [-0.2, -0.15) is 0 Å². The van der Waals surface area contributed by atoms with Crippen LogP contribution in [0.2, 0.25) is 0 Å². The molecule has 1 aromatic rings. The van der Waals surface area contributed by atoms with E-state index in [1.807, 2.05) is 13.0 Å². The van der Waals surface area contributed by atoms with Crippen molar-refractivity contribution >= 4 is 5.69 Å². The van der Waals surface area contributed by atoms with Gasteiger partial charge < -0.3 is 15.5 Å². The van der Waals surface area contributed by atoms with Crippen LogP contribution < -0.4 is 5.32 Å². The van der Waals surface area contributed by atoms with Crippen LogP contribution >= 0.6 is 0 Å². The molecule has 2 rings (SSSR count). The van der Waals surface area contributed by atoms with Crippen molar-refractivity contribution in [2.45, 2.75) is 18.9 Å². The van der Waals surface area contributed by atoms with Gasteiger partial charge in [0.25, 0.3) is 0 Å². The molecule has 3 heteroatoms. The Morgan fingerprint density at radius 1 is 1.54 bits per heavy atom. The Hall–Kier alpha value is -1.22. The van der Waals surface area contributed by atoms with E-state index in [0.717, 1.165) is 17.7 Å². The van der Waals surface area contributed by atoms with Gasteiger partial charge in [-0.05, 0) is 25.0 Å². The number of hydrogen-bond acceptors (Lipinski definition) is 3. The lowest BCUT2D eigenvalue weighted by atomic mass is 9.99. The van der Waals surface area contributed by atoms with E-state index in [1.54, 1.807) is 12.1 Å². The Labute approximate surface area is 77.0 Å². The monoisotopic (exact) mass is 179 g/mol. The van der Waals surface area contributed by atoms with Gasteiger partial charge in [0.05, 0.1) is 12.1 Å². The van der Waals surface area contributed by atoms with Crippen LogP contribution in [-0.4, -0.2) is 22.4 Å². The van der Waals surface area contributed by atoms with Crippen molar-refractivity contribution in [2.75, 3.05) is 11.9 Å². The Morgan fingerprint density at radius 3 is 3.00 bits per heavy atom. The fourth-order valence-corrected chi connectivity index (χ4v) is 1.72. The smallest absolute Gasteiger partial charge is 0.117 e. The predicted octanol–water partition coefficient (Wildman–Crippen LogP) is 1.11. The van der Waals surface area contributed by atoms with Crippen molar-refractivity contribution in [1.29, 1.82) is 0 Å². The van der Waals surface area contributed by atoms with Gasteiger partial charge in [0.2, 0.25) is 0 Å². The molecule has 0 fully saturated rings. The minimum atomic E-state index is -0.268. The van der Waals surface area contributed by atoms with E-state index >= 15 is 0 Å². The molecule has 0 amide bonds. The molecule has 0 aromatic heterocycles. The number of phenols is 1. The first kappa shape index (κ1) is 8.38. The number of fused-ring (bicyclic) bond motifs is 1. The summed E-state index contributed by atoms with van der Waals surface area (Å²) in [7, 11) is 0. The Bertz CT molecular complexity index is 338. The van der Waals surface area contributed by atoms with Gasteiger partial charge in [-0.25, -0.2) is 0 Å². The van der Waals surface area contributed by atoms with E-state index in [1.165, 1.54) is 0 Å². The van der Waals surface area contributed by atoms with E-state index < -0.39 is 0 Å². The third-order valence-corrected chi connectivity index (χ3v) is 2.46. The Morgan fingerprint density at radius 2 is 2.31 bits per heavy atom. The number of aliphatic hydroxyl groups excluding tert-OH is 1. The molecule has 13 heavy (non-hydrogen) atoms. The third kappa shape index (κ3) is 1.35. The van der Waals surface area contributed by atoms with Gasteiger partial charge in [0.15, 0.2) is 0 Å². The summed E-state index contributed by atoms with van der Waals surface area (Å²) in [6, 6.07) is 5.25. The molecule has 0 radical (unpaired) electrons. The highest BCUT2D eigenvalue weighted by Crippen LogP contribution is 2.34. The molecule has 0 saturated carbocycles. The van der Waals surface area contributed by atoms with Crippen LogP contribution in [0.4, 0.5) is 5.69 Å². The number of aromatic hydroxyl groups is 1. The first-order chi connectivity index (χ1) is 6.13. The number of hydrogen-bond donors (Lipinski definition) is 3. The average molecular weight is 179 g/mol. The van der Waals surface area contributed by atoms with Gasteiger partial charge in [-0.3, -0.25) is 0 Å². The summed E-state index contributed by atoms with van der Waals surface area (Å²) in [5.74, 6) is 0.258. The van der Waals surface area contributed by atoms with E-state index in [2.05, 4.69) is 5.32 Å². The number of aliphatic hydroxyl groups is 1. The maximum Gasteiger partial charge on any atom is 0.117 e. The number of anilines is 1. The molecule has 70 valence electrons. The Balaban J connectivity index is 2.35. The molecule has 1 aromatic carbocycles. The van der Waals surface area contributed by atoms with Crippen molar-refractivity contribution < 1.29 is 10.2 Å². The van der Waals surface area contributed by atoms with Crippen LogP contribution in [0.5, 0.6) is 5.75 Å². The zero-order valence-electron chi connectivity index (χ0n) is 7.54. The second-order valence-electron chi connectivity index (χ2n) is 3.86. The quantitative estimate of drug-likeness (QED) is 0.605. The molecule has 1 atom stereocenters. The molecular formula is C10H13NO2. The van der Waals surface area contributed by atoms with Crippen LogP contribution in [-0.2, 0) is 6.42 Å². The topological polar surface area (TPSA) is 52.5 Å². The van der Waals surface area contributed by atoms with Crippen LogP contribution in [0.3, 0.4) is 0 Å². The van der Waals surface area contributed by atoms with E-state index in [-0.39, 0.29) is 17.9 Å². The molecule has 1 aliphatic heterocycles. The summed E-state index contributed by atoms with van der Waals surface area (Å²) in [5, 5.41) is 21.6. The highest BCUT2D eigenvalue weighted by molar-refractivity contribution is 5.61. The summed E-state index contributed by atoms with van der Waals surface area (Å²) < 4.78 is 0. The summed E-state index contributed by atoms with van der Waals surface area (Å²) in [5.41, 5.74) is 1.81. The summed E-state index contributed by atoms with van der Waals surface area (Å²) >= 11 is 0. The van der Waals surface area contributed by atoms with Crippen molar-refractivity contribution in [3.05, 3.63) is 23.8 Å². The molecule has 1 aliphatic rings. The molecule has 1 heterocycles. The number of rotatable bonds is 1. The van der Waals surface area contributed by atoms with Crippen molar-refractivity contribution in [1.82, 2.24) is 0 Å². The number of nitrogens with one attached hydrogen (secondary N) is 1. The largest absolute Gasteiger partial charge is 0.508 e. The van der Waals surface area contributed by atoms with Crippen LogP contribution in [0.25, 0.3) is 0 Å². The van der Waals surface area contributed by atoms with Crippen molar-refractivity contribution in [3.8, 4) is 5.75 Å². The fourth-order valence-electron chi connectivity index (χ4n) is 1.72. The standard InChI is InChI=1S/C10H13NO2/c1-10(6-12)5-7-2-3-8(13)4-9(7)11-10/h2-4,11-13H,5-6H2,1H3. The van der Waals surface area contributed by atoms with Gasteiger partial charge >= 0.3 is 0 Å². The maximum absolute atomic E-state index is 9.24. The van der Waals surface area contributed by atoms with Crippen LogP contribution in [0, 0.1) is 0 Å². The van der Waals surface area contributed by atoms with Gasteiger partial charge in [-0.15, -0.1) is 0 Å². The first-order valence-electron chi connectivity index (χ1n) is 4.34. The summed E-state index contributed by atoms with van der Waals surface area (Å²) in [4.78, 5) is 0. The molecule has 0 aliphatic carbocycles. The first-order valence-corrected chi connectivity index (χ1v) is 4.34. The van der Waals surface area contributed by atoms with E-state index in [0.29, 0.717) is 0 Å². The molecule has 3 nitrogen and oxygen atoms in total. The lowest BCUT2D eigenvalue weighted by molar-refractivity contribution is 0.227. The number of benzene rings is 1. The van der Waals surface area contributed by atoms with Gasteiger partial charge in [-0.1, -0.05) is 6.07 Å². The minimum absolute atomic E-state index is 0.0996. The maximum atomic E-state index is 9.24. The highest BCUT2D eigenvalue weighted by Gasteiger charge is 2.31. The lowest BCUT2D eigenvalue weighted by Crippen LogP contribution is -2.36. The van der Waals surface area contributed by atoms with Crippen molar-refractivity contribution in [3.63, 3.8) is 0 Å². The van der Waals surface area contributed by atoms with Gasteiger partial charge in [0, 0.05) is 11.8 Å². The van der Waals surface area contributed by atoms with E-state index in [4.69, 9.17) is 5.11 Å². The van der Waals surface area contributed by atoms with E-state index in [9.17, 15) is 5.11 Å². The second kappa shape index (κ2) is 2.64. The normalized spacial score (nSPS) is 25.4.